The third-order valence-electron chi connectivity index (χ3n) is 7.34. The number of rotatable bonds is 13. The summed E-state index contributed by atoms with van der Waals surface area (Å²) < 4.78 is 5.85. The van der Waals surface area contributed by atoms with E-state index in [1.807, 2.05) is 12.1 Å². The summed E-state index contributed by atoms with van der Waals surface area (Å²) in [6.45, 7) is 2.65. The molecule has 1 saturated carbocycles. The molecule has 0 aliphatic heterocycles. The van der Waals surface area contributed by atoms with Gasteiger partial charge in [0.1, 0.15) is 5.75 Å². The molecule has 0 heterocycles. The lowest BCUT2D eigenvalue weighted by Crippen LogP contribution is -2.31. The number of hydrogen-bond donors (Lipinski definition) is 4. The zero-order chi connectivity index (χ0) is 22.9. The summed E-state index contributed by atoms with van der Waals surface area (Å²) in [4.78, 5) is 12.0. The lowest BCUT2D eigenvalue weighted by Gasteiger charge is -2.32. The van der Waals surface area contributed by atoms with E-state index in [2.05, 4.69) is 18.3 Å². The average molecular weight is 448 g/mol. The molecule has 1 amide bonds. The van der Waals surface area contributed by atoms with Crippen LogP contribution in [0.5, 0.6) is 5.75 Å². The van der Waals surface area contributed by atoms with Crippen LogP contribution in [0.4, 0.5) is 0 Å². The van der Waals surface area contributed by atoms with Gasteiger partial charge < -0.3 is 25.4 Å². The first kappa shape index (κ1) is 25.0. The Bertz CT molecular complexity index is 724. The van der Waals surface area contributed by atoms with Crippen molar-refractivity contribution in [1.82, 2.24) is 5.32 Å². The highest BCUT2D eigenvalue weighted by molar-refractivity contribution is 5.77. The highest BCUT2D eigenvalue weighted by Gasteiger charge is 2.44. The van der Waals surface area contributed by atoms with Crippen LogP contribution in [0, 0.1) is 17.8 Å². The first-order chi connectivity index (χ1) is 15.5. The summed E-state index contributed by atoms with van der Waals surface area (Å²) in [5.41, 5.74) is 2.43. The van der Waals surface area contributed by atoms with Gasteiger partial charge >= 0.3 is 0 Å². The van der Waals surface area contributed by atoms with Crippen LogP contribution >= 0.6 is 0 Å². The molecule has 1 fully saturated rings. The summed E-state index contributed by atoms with van der Waals surface area (Å²) in [6.07, 6.45) is 8.50. The zero-order valence-corrected chi connectivity index (χ0v) is 19.5. The fourth-order valence-corrected chi connectivity index (χ4v) is 5.60. The Morgan fingerprint density at radius 3 is 2.84 bits per heavy atom. The van der Waals surface area contributed by atoms with Crippen molar-refractivity contribution in [2.75, 3.05) is 19.8 Å². The van der Waals surface area contributed by atoms with Crippen molar-refractivity contribution in [1.29, 1.82) is 0 Å². The number of amides is 1. The van der Waals surface area contributed by atoms with Crippen LogP contribution in [-0.2, 0) is 17.6 Å². The first-order valence-corrected chi connectivity index (χ1v) is 12.5. The fraction of sp³-hybridized carbons (Fsp3) is 0.731. The molecule has 4 N–H and O–H groups in total. The number of nitrogens with one attached hydrogen (secondary N) is 1. The van der Waals surface area contributed by atoms with Crippen molar-refractivity contribution >= 4 is 5.91 Å². The Kier molecular flexibility index (Phi) is 9.82. The Balaban J connectivity index is 1.56. The topological polar surface area (TPSA) is 99.0 Å². The highest BCUT2D eigenvalue weighted by atomic mass is 16.5. The molecule has 1 aromatic carbocycles. The Hall–Kier alpha value is -1.63. The van der Waals surface area contributed by atoms with Crippen LogP contribution in [0.3, 0.4) is 0 Å². The number of carbonyl (C=O) groups is 1. The van der Waals surface area contributed by atoms with Gasteiger partial charge in [-0.25, -0.2) is 0 Å². The molecule has 2 aliphatic carbocycles. The minimum Gasteiger partial charge on any atom is -0.483 e. The number of carbonyl (C=O) groups excluding carboxylic acids is 1. The van der Waals surface area contributed by atoms with Crippen LogP contribution in [0.25, 0.3) is 0 Å². The van der Waals surface area contributed by atoms with Gasteiger partial charge in [-0.05, 0) is 79.9 Å². The van der Waals surface area contributed by atoms with Crippen LogP contribution in [0.15, 0.2) is 18.2 Å². The van der Waals surface area contributed by atoms with Gasteiger partial charge in [0.25, 0.3) is 5.91 Å². The molecule has 0 saturated heterocycles. The molecule has 0 unspecified atom stereocenters. The SMILES string of the molecule is CCCCC[C@H](O)CC[C@@H]1[C@H]2Cc3cccc(OCC(=O)NCCCO)c3C[C@H]2C[C@H]1O. The minimum atomic E-state index is -0.302. The van der Waals surface area contributed by atoms with Crippen LogP contribution < -0.4 is 10.1 Å². The van der Waals surface area contributed by atoms with Crippen molar-refractivity contribution in [3.63, 3.8) is 0 Å². The van der Waals surface area contributed by atoms with Gasteiger partial charge in [-0.1, -0.05) is 38.3 Å². The van der Waals surface area contributed by atoms with Crippen molar-refractivity contribution < 1.29 is 24.9 Å². The van der Waals surface area contributed by atoms with Gasteiger partial charge in [-0.2, -0.15) is 0 Å². The molecule has 1 aromatic rings. The van der Waals surface area contributed by atoms with E-state index in [1.54, 1.807) is 0 Å². The number of unbranched alkanes of at least 4 members (excludes halogenated alkanes) is 2. The normalized spacial score (nSPS) is 25.1. The van der Waals surface area contributed by atoms with Gasteiger partial charge in [0.2, 0.25) is 0 Å². The van der Waals surface area contributed by atoms with Crippen LogP contribution in [0.2, 0.25) is 0 Å². The second-order valence-corrected chi connectivity index (χ2v) is 9.64. The second-order valence-electron chi connectivity index (χ2n) is 9.64. The number of hydrogen-bond acceptors (Lipinski definition) is 5. The summed E-state index contributed by atoms with van der Waals surface area (Å²) in [6, 6.07) is 6.05. The monoisotopic (exact) mass is 447 g/mol. The van der Waals surface area contributed by atoms with Gasteiger partial charge in [-0.3, -0.25) is 4.79 Å². The standard InChI is InChI=1S/C26H41NO5/c1-2-3-4-8-20(29)10-11-21-22-14-18-7-5-9-25(23(18)15-19(22)16-24(21)30)32-17-26(31)27-12-6-13-28/h5,7,9,19-22,24,28-30H,2-4,6,8,10-17H2,1H3,(H,27,31)/t19-,20-,21+,22-,24+/m0/s1. The fourth-order valence-electron chi connectivity index (χ4n) is 5.60. The lowest BCUT2D eigenvalue weighted by atomic mass is 9.73. The second kappa shape index (κ2) is 12.6. The number of aliphatic hydroxyl groups is 3. The van der Waals surface area contributed by atoms with Crippen LogP contribution in [-0.4, -0.2) is 53.2 Å². The molecule has 32 heavy (non-hydrogen) atoms. The molecule has 0 aromatic heterocycles. The van der Waals surface area contributed by atoms with E-state index in [4.69, 9.17) is 9.84 Å². The summed E-state index contributed by atoms with van der Waals surface area (Å²) in [5, 5.41) is 32.7. The predicted molar refractivity (Wildman–Crippen MR) is 125 cm³/mol. The van der Waals surface area contributed by atoms with E-state index in [0.29, 0.717) is 24.8 Å². The molecule has 0 radical (unpaired) electrons. The summed E-state index contributed by atoms with van der Waals surface area (Å²) >= 11 is 0. The highest BCUT2D eigenvalue weighted by Crippen LogP contribution is 2.48. The van der Waals surface area contributed by atoms with Crippen molar-refractivity contribution in [2.24, 2.45) is 17.8 Å². The number of benzene rings is 1. The zero-order valence-electron chi connectivity index (χ0n) is 19.5. The van der Waals surface area contributed by atoms with Gasteiger partial charge in [-0.15, -0.1) is 0 Å². The molecule has 6 heteroatoms. The largest absolute Gasteiger partial charge is 0.483 e. The average Bonchev–Trinajstić information content (AvgIpc) is 3.09. The van der Waals surface area contributed by atoms with Crippen LogP contribution in [0.1, 0.15) is 69.4 Å². The maximum atomic E-state index is 12.0. The van der Waals surface area contributed by atoms with Crippen molar-refractivity contribution in [3.05, 3.63) is 29.3 Å². The van der Waals surface area contributed by atoms with Gasteiger partial charge in [0.15, 0.2) is 6.61 Å². The molecule has 0 bridgehead atoms. The Morgan fingerprint density at radius 2 is 2.06 bits per heavy atom. The number of aliphatic hydroxyl groups excluding tert-OH is 3. The maximum absolute atomic E-state index is 12.0. The maximum Gasteiger partial charge on any atom is 0.257 e. The molecule has 180 valence electrons. The van der Waals surface area contributed by atoms with Gasteiger partial charge in [0.05, 0.1) is 12.2 Å². The van der Waals surface area contributed by atoms with Crippen molar-refractivity contribution in [3.8, 4) is 5.75 Å². The van der Waals surface area contributed by atoms with E-state index in [9.17, 15) is 15.0 Å². The van der Waals surface area contributed by atoms with Crippen molar-refractivity contribution in [2.45, 2.75) is 83.3 Å². The van der Waals surface area contributed by atoms with Gasteiger partial charge in [0, 0.05) is 13.2 Å². The Morgan fingerprint density at radius 1 is 1.22 bits per heavy atom. The number of fused-ring (bicyclic) bond motifs is 2. The quantitative estimate of drug-likeness (QED) is 0.349. The molecule has 0 spiro atoms. The molecular weight excluding hydrogens is 406 g/mol. The first-order valence-electron chi connectivity index (χ1n) is 12.5. The summed E-state index contributed by atoms with van der Waals surface area (Å²) in [7, 11) is 0. The molecule has 5 atom stereocenters. The number of ether oxygens (including phenoxy) is 1. The smallest absolute Gasteiger partial charge is 0.257 e. The molecule has 6 nitrogen and oxygen atoms in total. The molecule has 2 aliphatic rings. The van der Waals surface area contributed by atoms with E-state index >= 15 is 0 Å². The Labute approximate surface area is 192 Å². The minimum absolute atomic E-state index is 0.0306. The molecule has 3 rings (SSSR count). The lowest BCUT2D eigenvalue weighted by molar-refractivity contribution is -0.123. The van der Waals surface area contributed by atoms with E-state index < -0.39 is 0 Å². The third kappa shape index (κ3) is 6.69. The van der Waals surface area contributed by atoms with E-state index in [-0.39, 0.29) is 37.2 Å². The van der Waals surface area contributed by atoms with E-state index in [0.717, 1.165) is 57.1 Å². The molecular formula is C26H41NO5. The predicted octanol–water partition coefficient (Wildman–Crippen LogP) is 3.00. The summed E-state index contributed by atoms with van der Waals surface area (Å²) in [5.74, 6) is 1.69. The van der Waals surface area contributed by atoms with E-state index in [1.165, 1.54) is 17.5 Å². The third-order valence-corrected chi connectivity index (χ3v) is 7.34.